The van der Waals surface area contributed by atoms with Crippen molar-refractivity contribution in [2.24, 2.45) is 0 Å². The molecule has 0 saturated carbocycles. The van der Waals surface area contributed by atoms with Crippen LogP contribution in [0.1, 0.15) is 17.3 Å². The van der Waals surface area contributed by atoms with E-state index in [1.165, 1.54) is 19.1 Å². The summed E-state index contributed by atoms with van der Waals surface area (Å²) in [5.41, 5.74) is 1.95. The third kappa shape index (κ3) is 3.19. The number of esters is 1. The second kappa shape index (κ2) is 5.35. The average Bonchev–Trinajstić information content (AvgIpc) is 2.38. The number of aromatic carboxylic acids is 1. The molecule has 0 spiro atoms. The summed E-state index contributed by atoms with van der Waals surface area (Å²) in [6.07, 6.45) is 0. The summed E-state index contributed by atoms with van der Waals surface area (Å²) in [4.78, 5) is 21.7. The van der Waals surface area contributed by atoms with Gasteiger partial charge in [-0.25, -0.2) is 4.79 Å². The lowest BCUT2D eigenvalue weighted by Gasteiger charge is -2.05. The summed E-state index contributed by atoms with van der Waals surface area (Å²) >= 11 is 0. The molecule has 2 aromatic rings. The third-order valence-electron chi connectivity index (χ3n) is 2.56. The van der Waals surface area contributed by atoms with Crippen molar-refractivity contribution in [3.05, 3.63) is 54.1 Å². The Labute approximate surface area is 110 Å². The van der Waals surface area contributed by atoms with Crippen LogP contribution in [-0.4, -0.2) is 17.0 Å². The van der Waals surface area contributed by atoms with Gasteiger partial charge >= 0.3 is 11.9 Å². The molecule has 0 atom stereocenters. The van der Waals surface area contributed by atoms with E-state index >= 15 is 0 Å². The van der Waals surface area contributed by atoms with E-state index in [1.807, 2.05) is 6.07 Å². The zero-order chi connectivity index (χ0) is 13.8. The first-order valence-corrected chi connectivity index (χ1v) is 5.68. The highest BCUT2D eigenvalue weighted by atomic mass is 16.5. The van der Waals surface area contributed by atoms with E-state index in [9.17, 15) is 9.59 Å². The Hall–Kier alpha value is -2.62. The van der Waals surface area contributed by atoms with E-state index in [4.69, 9.17) is 9.84 Å². The molecular formula is C15H12O4. The number of carboxylic acid groups (broad SMARTS) is 1. The highest BCUT2D eigenvalue weighted by Gasteiger charge is 2.05. The molecule has 2 aromatic carbocycles. The van der Waals surface area contributed by atoms with Crippen LogP contribution in [-0.2, 0) is 4.79 Å². The number of rotatable bonds is 3. The van der Waals surface area contributed by atoms with Gasteiger partial charge in [-0.05, 0) is 35.4 Å². The molecule has 0 heterocycles. The van der Waals surface area contributed by atoms with E-state index < -0.39 is 5.97 Å². The average molecular weight is 256 g/mol. The Morgan fingerprint density at radius 1 is 1.00 bits per heavy atom. The van der Waals surface area contributed by atoms with Gasteiger partial charge in [-0.15, -0.1) is 0 Å². The molecule has 0 radical (unpaired) electrons. The predicted octanol–water partition coefficient (Wildman–Crippen LogP) is 2.98. The van der Waals surface area contributed by atoms with Crippen LogP contribution < -0.4 is 4.74 Å². The molecule has 1 N–H and O–H groups in total. The molecule has 4 heteroatoms. The molecule has 0 aliphatic heterocycles. The van der Waals surface area contributed by atoms with E-state index in [0.717, 1.165) is 11.1 Å². The predicted molar refractivity (Wildman–Crippen MR) is 70.1 cm³/mol. The number of carbonyl (C=O) groups excluding carboxylic acids is 1. The zero-order valence-corrected chi connectivity index (χ0v) is 10.3. The summed E-state index contributed by atoms with van der Waals surface area (Å²) in [6.45, 7) is 1.34. The van der Waals surface area contributed by atoms with Gasteiger partial charge in [-0.3, -0.25) is 4.79 Å². The Balaban J connectivity index is 2.30. The van der Waals surface area contributed by atoms with Crippen LogP contribution in [0.3, 0.4) is 0 Å². The van der Waals surface area contributed by atoms with Gasteiger partial charge in [0.1, 0.15) is 5.75 Å². The fraction of sp³-hybridized carbons (Fsp3) is 0.0667. The second-order valence-electron chi connectivity index (χ2n) is 4.00. The van der Waals surface area contributed by atoms with Crippen LogP contribution in [0.25, 0.3) is 11.1 Å². The minimum atomic E-state index is -0.958. The van der Waals surface area contributed by atoms with Gasteiger partial charge in [0, 0.05) is 6.92 Å². The highest BCUT2D eigenvalue weighted by molar-refractivity contribution is 5.88. The fourth-order valence-corrected chi connectivity index (χ4v) is 1.71. The maximum Gasteiger partial charge on any atom is 0.335 e. The Bertz CT molecular complexity index is 614. The summed E-state index contributed by atoms with van der Waals surface area (Å²) < 4.78 is 5.01. The molecule has 0 aromatic heterocycles. The van der Waals surface area contributed by atoms with Gasteiger partial charge in [0.05, 0.1) is 5.56 Å². The number of hydrogen-bond acceptors (Lipinski definition) is 3. The van der Waals surface area contributed by atoms with Crippen LogP contribution in [0.2, 0.25) is 0 Å². The molecule has 0 unspecified atom stereocenters. The van der Waals surface area contributed by atoms with E-state index in [0.29, 0.717) is 5.75 Å². The standard InChI is InChI=1S/C15H12O4/c1-10(16)19-14-4-2-3-13(9-14)11-5-7-12(8-6-11)15(17)18/h2-9H,1H3,(H,17,18). The van der Waals surface area contributed by atoms with Gasteiger partial charge in [0.25, 0.3) is 0 Å². The quantitative estimate of drug-likeness (QED) is 0.677. The molecule has 2 rings (SSSR count). The molecule has 4 nitrogen and oxygen atoms in total. The fourth-order valence-electron chi connectivity index (χ4n) is 1.71. The Morgan fingerprint density at radius 3 is 2.26 bits per heavy atom. The monoisotopic (exact) mass is 256 g/mol. The third-order valence-corrected chi connectivity index (χ3v) is 2.56. The summed E-state index contributed by atoms with van der Waals surface area (Å²) in [5, 5.41) is 8.83. The summed E-state index contributed by atoms with van der Waals surface area (Å²) in [6, 6.07) is 13.6. The zero-order valence-electron chi connectivity index (χ0n) is 10.3. The molecule has 0 bridgehead atoms. The van der Waals surface area contributed by atoms with Crippen molar-refractivity contribution < 1.29 is 19.4 Å². The molecule has 0 fully saturated rings. The lowest BCUT2D eigenvalue weighted by molar-refractivity contribution is -0.131. The van der Waals surface area contributed by atoms with Crippen LogP contribution >= 0.6 is 0 Å². The smallest absolute Gasteiger partial charge is 0.335 e. The summed E-state index contributed by atoms with van der Waals surface area (Å²) in [7, 11) is 0. The van der Waals surface area contributed by atoms with Gasteiger partial charge in [0.2, 0.25) is 0 Å². The normalized spacial score (nSPS) is 9.95. The SMILES string of the molecule is CC(=O)Oc1cccc(-c2ccc(C(=O)O)cc2)c1. The van der Waals surface area contributed by atoms with Crippen LogP contribution in [0.5, 0.6) is 5.75 Å². The van der Waals surface area contributed by atoms with Crippen molar-refractivity contribution >= 4 is 11.9 Å². The number of hydrogen-bond donors (Lipinski definition) is 1. The van der Waals surface area contributed by atoms with Crippen molar-refractivity contribution in [1.29, 1.82) is 0 Å². The largest absolute Gasteiger partial charge is 0.478 e. The number of benzene rings is 2. The molecule has 19 heavy (non-hydrogen) atoms. The highest BCUT2D eigenvalue weighted by Crippen LogP contribution is 2.24. The minimum absolute atomic E-state index is 0.236. The lowest BCUT2D eigenvalue weighted by atomic mass is 10.0. The number of ether oxygens (including phenoxy) is 1. The van der Waals surface area contributed by atoms with Gasteiger partial charge in [-0.2, -0.15) is 0 Å². The first-order valence-electron chi connectivity index (χ1n) is 5.68. The number of carbonyl (C=O) groups is 2. The van der Waals surface area contributed by atoms with Gasteiger partial charge < -0.3 is 9.84 Å². The minimum Gasteiger partial charge on any atom is -0.478 e. The van der Waals surface area contributed by atoms with E-state index in [-0.39, 0.29) is 11.5 Å². The van der Waals surface area contributed by atoms with E-state index in [1.54, 1.807) is 30.3 Å². The van der Waals surface area contributed by atoms with Crippen molar-refractivity contribution in [2.45, 2.75) is 6.92 Å². The second-order valence-corrected chi connectivity index (χ2v) is 4.00. The molecule has 0 amide bonds. The van der Waals surface area contributed by atoms with Crippen LogP contribution in [0, 0.1) is 0 Å². The van der Waals surface area contributed by atoms with E-state index in [2.05, 4.69) is 0 Å². The lowest BCUT2D eigenvalue weighted by Crippen LogP contribution is -2.01. The summed E-state index contributed by atoms with van der Waals surface area (Å²) in [5.74, 6) is -0.870. The van der Waals surface area contributed by atoms with Crippen LogP contribution in [0.4, 0.5) is 0 Å². The number of carboxylic acids is 1. The molecule has 96 valence electrons. The maximum atomic E-state index is 10.9. The van der Waals surface area contributed by atoms with Crippen molar-refractivity contribution in [2.75, 3.05) is 0 Å². The molecule has 0 aliphatic carbocycles. The van der Waals surface area contributed by atoms with Crippen molar-refractivity contribution in [1.82, 2.24) is 0 Å². The first kappa shape index (κ1) is 12.8. The molecule has 0 saturated heterocycles. The van der Waals surface area contributed by atoms with Gasteiger partial charge in [-0.1, -0.05) is 24.3 Å². The molecule has 0 aliphatic rings. The Morgan fingerprint density at radius 2 is 1.68 bits per heavy atom. The maximum absolute atomic E-state index is 10.9. The Kier molecular flexibility index (Phi) is 3.61. The molecular weight excluding hydrogens is 244 g/mol. The van der Waals surface area contributed by atoms with Gasteiger partial charge in [0.15, 0.2) is 0 Å². The first-order chi connectivity index (χ1) is 9.06. The topological polar surface area (TPSA) is 63.6 Å². The van der Waals surface area contributed by atoms with Crippen molar-refractivity contribution in [3.8, 4) is 16.9 Å². The van der Waals surface area contributed by atoms with Crippen molar-refractivity contribution in [3.63, 3.8) is 0 Å². The van der Waals surface area contributed by atoms with Crippen LogP contribution in [0.15, 0.2) is 48.5 Å².